The van der Waals surface area contributed by atoms with Gasteiger partial charge >= 0.3 is 11.9 Å². The monoisotopic (exact) mass is 446 g/mol. The number of unbranched alkanes of at least 4 members (excludes halogenated alkanes) is 11. The molecule has 0 unspecified atom stereocenters. The number of carbonyl (C=O) groups is 2. The minimum Gasteiger partial charge on any atom is -0.478 e. The zero-order valence-corrected chi connectivity index (χ0v) is 20.5. The van der Waals surface area contributed by atoms with Gasteiger partial charge in [0.15, 0.2) is 0 Å². The Morgan fingerprint density at radius 2 is 0.938 bits per heavy atom. The highest BCUT2D eigenvalue weighted by molar-refractivity contribution is 5.87. The summed E-state index contributed by atoms with van der Waals surface area (Å²) in [4.78, 5) is 22.7. The molecule has 4 nitrogen and oxygen atoms in total. The third-order valence-electron chi connectivity index (χ3n) is 5.51. The normalized spacial score (nSPS) is 12.8. The predicted molar refractivity (Wildman–Crippen MR) is 135 cm³/mol. The summed E-state index contributed by atoms with van der Waals surface area (Å²) in [6, 6.07) is 0. The highest BCUT2D eigenvalue weighted by Crippen LogP contribution is 2.15. The largest absolute Gasteiger partial charge is 0.478 e. The number of carboxylic acid groups (broad SMARTS) is 2. The summed E-state index contributed by atoms with van der Waals surface area (Å²) < 4.78 is 0. The van der Waals surface area contributed by atoms with Crippen LogP contribution in [0.1, 0.15) is 117 Å². The van der Waals surface area contributed by atoms with Gasteiger partial charge < -0.3 is 10.2 Å². The molecule has 4 heteroatoms. The van der Waals surface area contributed by atoms with Crippen LogP contribution < -0.4 is 0 Å². The van der Waals surface area contributed by atoms with Gasteiger partial charge in [0.1, 0.15) is 0 Å². The van der Waals surface area contributed by atoms with Crippen molar-refractivity contribution in [3.63, 3.8) is 0 Å². The summed E-state index contributed by atoms with van der Waals surface area (Å²) in [5.74, 6) is -1.65. The molecule has 0 aromatic heterocycles. The average Bonchev–Trinajstić information content (AvgIpc) is 2.76. The topological polar surface area (TPSA) is 74.6 Å². The molecule has 0 amide bonds. The van der Waals surface area contributed by atoms with Gasteiger partial charge in [-0.1, -0.05) is 102 Å². The first-order valence-electron chi connectivity index (χ1n) is 12.7. The summed E-state index contributed by atoms with van der Waals surface area (Å²) in [5.41, 5.74) is 0.964. The van der Waals surface area contributed by atoms with Crippen molar-refractivity contribution in [2.24, 2.45) is 0 Å². The number of allylic oxidation sites excluding steroid dienone is 6. The number of rotatable bonds is 21. The van der Waals surface area contributed by atoms with Gasteiger partial charge in [-0.15, -0.1) is 0 Å². The van der Waals surface area contributed by atoms with E-state index in [1.54, 1.807) is 12.2 Å². The Bertz CT molecular complexity index is 557. The molecule has 0 atom stereocenters. The maximum absolute atomic E-state index is 11.4. The summed E-state index contributed by atoms with van der Waals surface area (Å²) in [6.45, 7) is 4.34. The van der Waals surface area contributed by atoms with Crippen molar-refractivity contribution >= 4 is 11.9 Å². The van der Waals surface area contributed by atoms with E-state index in [0.29, 0.717) is 24.0 Å². The predicted octanol–water partition coefficient (Wildman–Crippen LogP) is 8.40. The van der Waals surface area contributed by atoms with Gasteiger partial charge in [-0.3, -0.25) is 0 Å². The van der Waals surface area contributed by atoms with E-state index >= 15 is 0 Å². The summed E-state index contributed by atoms with van der Waals surface area (Å²) in [5, 5.41) is 18.7. The van der Waals surface area contributed by atoms with Crippen LogP contribution in [0.2, 0.25) is 0 Å². The van der Waals surface area contributed by atoms with Gasteiger partial charge in [0.2, 0.25) is 0 Å². The van der Waals surface area contributed by atoms with Crippen molar-refractivity contribution in [3.8, 4) is 0 Å². The standard InChI is InChI=1S/C28H46O4/c1-3-5-7-9-13-17-21-25(27(29)30)23-19-15-11-12-16-20-24-26(28(31)32)22-18-14-10-8-6-4-2/h13-14,17-18,21-22H,3-12,15-16,19-20,23-24H2,1-2H3,(H,29,30)(H,31,32)/b17-13+,18-14+,25-21+,26-22+. The van der Waals surface area contributed by atoms with Crippen molar-refractivity contribution in [3.05, 3.63) is 47.6 Å². The van der Waals surface area contributed by atoms with E-state index in [9.17, 15) is 19.8 Å². The van der Waals surface area contributed by atoms with E-state index in [1.165, 1.54) is 25.7 Å². The Morgan fingerprint density at radius 1 is 0.562 bits per heavy atom. The number of hydrogen-bond donors (Lipinski definition) is 2. The van der Waals surface area contributed by atoms with Crippen molar-refractivity contribution in [2.75, 3.05) is 0 Å². The van der Waals surface area contributed by atoms with Crippen LogP contribution in [-0.2, 0) is 9.59 Å². The fourth-order valence-corrected chi connectivity index (χ4v) is 3.45. The van der Waals surface area contributed by atoms with Gasteiger partial charge in [0, 0.05) is 11.1 Å². The lowest BCUT2D eigenvalue weighted by atomic mass is 10.0. The molecule has 182 valence electrons. The Kier molecular flexibility index (Phi) is 20.7. The molecule has 0 aromatic rings. The summed E-state index contributed by atoms with van der Waals surface area (Å²) in [6.07, 6.45) is 27.6. The van der Waals surface area contributed by atoms with Crippen LogP contribution in [0.5, 0.6) is 0 Å². The van der Waals surface area contributed by atoms with Gasteiger partial charge in [-0.05, 0) is 51.4 Å². The Balaban J connectivity index is 4.03. The molecular formula is C28H46O4. The molecule has 0 bridgehead atoms. The van der Waals surface area contributed by atoms with Crippen LogP contribution in [0.3, 0.4) is 0 Å². The second kappa shape index (κ2) is 22.1. The molecule has 0 heterocycles. The molecule has 0 spiro atoms. The SMILES string of the molecule is CCCCC/C=C/C=C(\CCCCCCCC/C(=C\C=C\CCCCC)C(=O)O)C(=O)O. The summed E-state index contributed by atoms with van der Waals surface area (Å²) in [7, 11) is 0. The molecule has 0 saturated heterocycles. The fourth-order valence-electron chi connectivity index (χ4n) is 3.45. The maximum Gasteiger partial charge on any atom is 0.331 e. The van der Waals surface area contributed by atoms with Crippen LogP contribution in [0, 0.1) is 0 Å². The smallest absolute Gasteiger partial charge is 0.331 e. The van der Waals surface area contributed by atoms with E-state index < -0.39 is 11.9 Å². The molecule has 0 aromatic carbocycles. The molecular weight excluding hydrogens is 400 g/mol. The summed E-state index contributed by atoms with van der Waals surface area (Å²) >= 11 is 0. The van der Waals surface area contributed by atoms with Gasteiger partial charge in [0.05, 0.1) is 0 Å². The number of aliphatic carboxylic acids is 2. The molecule has 0 aliphatic rings. The average molecular weight is 447 g/mol. The van der Waals surface area contributed by atoms with Crippen molar-refractivity contribution in [1.82, 2.24) is 0 Å². The van der Waals surface area contributed by atoms with Crippen LogP contribution in [0.25, 0.3) is 0 Å². The van der Waals surface area contributed by atoms with Crippen molar-refractivity contribution in [1.29, 1.82) is 0 Å². The van der Waals surface area contributed by atoms with Crippen LogP contribution in [-0.4, -0.2) is 22.2 Å². The molecule has 0 rings (SSSR count). The lowest BCUT2D eigenvalue weighted by Gasteiger charge is -2.04. The highest BCUT2D eigenvalue weighted by atomic mass is 16.4. The molecule has 2 N–H and O–H groups in total. The first kappa shape index (κ1) is 29.9. The molecule has 0 radical (unpaired) electrons. The third kappa shape index (κ3) is 18.7. The van der Waals surface area contributed by atoms with Crippen LogP contribution in [0.4, 0.5) is 0 Å². The van der Waals surface area contributed by atoms with Gasteiger partial charge in [-0.25, -0.2) is 9.59 Å². The zero-order chi connectivity index (χ0) is 23.9. The highest BCUT2D eigenvalue weighted by Gasteiger charge is 2.07. The van der Waals surface area contributed by atoms with Crippen LogP contribution >= 0.6 is 0 Å². The first-order valence-corrected chi connectivity index (χ1v) is 12.7. The van der Waals surface area contributed by atoms with Gasteiger partial charge in [-0.2, -0.15) is 0 Å². The van der Waals surface area contributed by atoms with Gasteiger partial charge in [0.25, 0.3) is 0 Å². The first-order chi connectivity index (χ1) is 15.5. The quantitative estimate of drug-likeness (QED) is 0.105. The lowest BCUT2D eigenvalue weighted by molar-refractivity contribution is -0.133. The Labute approximate surface area is 196 Å². The van der Waals surface area contributed by atoms with E-state index in [4.69, 9.17) is 0 Å². The zero-order valence-electron chi connectivity index (χ0n) is 20.5. The Hall–Kier alpha value is -2.10. The maximum atomic E-state index is 11.4. The van der Waals surface area contributed by atoms with E-state index in [2.05, 4.69) is 26.0 Å². The van der Waals surface area contributed by atoms with Crippen molar-refractivity contribution < 1.29 is 19.8 Å². The minimum atomic E-state index is -0.824. The number of hydrogen-bond acceptors (Lipinski definition) is 2. The van der Waals surface area contributed by atoms with E-state index in [0.717, 1.165) is 64.2 Å². The lowest BCUT2D eigenvalue weighted by Crippen LogP contribution is -2.00. The number of carboxylic acids is 2. The van der Waals surface area contributed by atoms with Crippen molar-refractivity contribution in [2.45, 2.75) is 117 Å². The van der Waals surface area contributed by atoms with E-state index in [-0.39, 0.29) is 0 Å². The molecule has 0 saturated carbocycles. The molecule has 0 fully saturated rings. The second-order valence-corrected chi connectivity index (χ2v) is 8.46. The van der Waals surface area contributed by atoms with Crippen LogP contribution in [0.15, 0.2) is 47.6 Å². The third-order valence-corrected chi connectivity index (χ3v) is 5.51. The Morgan fingerprint density at radius 3 is 1.28 bits per heavy atom. The second-order valence-electron chi connectivity index (χ2n) is 8.46. The molecule has 0 aliphatic carbocycles. The molecule has 32 heavy (non-hydrogen) atoms. The minimum absolute atomic E-state index is 0.482. The van der Waals surface area contributed by atoms with E-state index in [1.807, 2.05) is 12.2 Å². The molecule has 0 aliphatic heterocycles. The fraction of sp³-hybridized carbons (Fsp3) is 0.643.